The Balaban J connectivity index is 1.51. The molecule has 2 aromatic carbocycles. The third-order valence-corrected chi connectivity index (χ3v) is 7.11. The number of ether oxygens (including phenoxy) is 3. The highest BCUT2D eigenvalue weighted by atomic mass is 16.5. The van der Waals surface area contributed by atoms with Crippen LogP contribution in [0.4, 0.5) is 5.69 Å². The molecule has 186 valence electrons. The quantitative estimate of drug-likeness (QED) is 0.423. The lowest BCUT2D eigenvalue weighted by Gasteiger charge is -2.29. The highest BCUT2D eigenvalue weighted by Crippen LogP contribution is 2.38. The SMILES string of the molecule is COc1cc2cc([C@@H](c3nnnn3C[C@H]3CCCO3)N3CCc4ccccc43)c(=O)[nH]c2cc1OC. The third kappa shape index (κ3) is 3.87. The molecule has 1 fully saturated rings. The standard InChI is InChI=1S/C26H28N6O4/c1-34-22-13-17-12-19(26(33)27-20(17)14-23(22)35-2)24(31-10-9-16-6-3-4-8-21(16)31)25-28-29-30-32(25)15-18-7-5-11-36-18/h3-4,6,8,12-14,18,24H,5,7,9-11,15H2,1-2H3,(H,27,33)/t18-,24+/m1/s1. The van der Waals surface area contributed by atoms with Crippen molar-refractivity contribution in [3.8, 4) is 11.5 Å². The van der Waals surface area contributed by atoms with Gasteiger partial charge < -0.3 is 24.1 Å². The van der Waals surface area contributed by atoms with Crippen LogP contribution in [0.25, 0.3) is 10.9 Å². The first-order valence-electron chi connectivity index (χ1n) is 12.2. The van der Waals surface area contributed by atoms with Crippen molar-refractivity contribution in [3.05, 3.63) is 69.8 Å². The Bertz CT molecular complexity index is 1460. The lowest BCUT2D eigenvalue weighted by atomic mass is 10.0. The van der Waals surface area contributed by atoms with Gasteiger partial charge in [0.15, 0.2) is 17.3 Å². The van der Waals surface area contributed by atoms with Gasteiger partial charge in [0.2, 0.25) is 0 Å². The Hall–Kier alpha value is -3.92. The first kappa shape index (κ1) is 22.5. The molecule has 36 heavy (non-hydrogen) atoms. The van der Waals surface area contributed by atoms with Crippen LogP contribution in [-0.2, 0) is 17.7 Å². The fourth-order valence-electron chi connectivity index (χ4n) is 5.35. The smallest absolute Gasteiger partial charge is 0.254 e. The molecule has 2 aliphatic heterocycles. The van der Waals surface area contributed by atoms with Crippen LogP contribution in [0.3, 0.4) is 0 Å². The molecule has 0 radical (unpaired) electrons. The average molecular weight is 489 g/mol. The first-order chi connectivity index (χ1) is 17.7. The number of nitrogens with one attached hydrogen (secondary N) is 1. The second-order valence-corrected chi connectivity index (χ2v) is 9.18. The molecule has 4 aromatic rings. The van der Waals surface area contributed by atoms with Crippen LogP contribution < -0.4 is 19.9 Å². The number of nitrogens with zero attached hydrogens (tertiary/aromatic N) is 5. The summed E-state index contributed by atoms with van der Waals surface area (Å²) >= 11 is 0. The van der Waals surface area contributed by atoms with Gasteiger partial charge in [-0.05, 0) is 53.5 Å². The van der Waals surface area contributed by atoms with Gasteiger partial charge in [0.05, 0.1) is 32.4 Å². The molecule has 10 nitrogen and oxygen atoms in total. The van der Waals surface area contributed by atoms with Crippen LogP contribution in [-0.4, -0.2) is 58.7 Å². The van der Waals surface area contributed by atoms with E-state index in [9.17, 15) is 4.79 Å². The van der Waals surface area contributed by atoms with Crippen molar-refractivity contribution in [3.63, 3.8) is 0 Å². The Morgan fingerprint density at radius 1 is 1.17 bits per heavy atom. The molecule has 2 aliphatic rings. The average Bonchev–Trinajstić information content (AvgIpc) is 3.67. The maximum atomic E-state index is 13.6. The summed E-state index contributed by atoms with van der Waals surface area (Å²) in [5.41, 5.74) is 3.36. The maximum Gasteiger partial charge on any atom is 0.254 e. The van der Waals surface area contributed by atoms with E-state index in [-0.39, 0.29) is 11.7 Å². The van der Waals surface area contributed by atoms with Crippen LogP contribution in [0.1, 0.15) is 35.8 Å². The minimum atomic E-state index is -0.480. The fraction of sp³-hybridized carbons (Fsp3) is 0.385. The molecule has 10 heteroatoms. The van der Waals surface area contributed by atoms with E-state index in [0.29, 0.717) is 34.9 Å². The van der Waals surface area contributed by atoms with Crippen LogP contribution in [0, 0.1) is 0 Å². The number of rotatable bonds is 7. The minimum absolute atomic E-state index is 0.0605. The van der Waals surface area contributed by atoms with Crippen LogP contribution >= 0.6 is 0 Å². The van der Waals surface area contributed by atoms with Crippen molar-refractivity contribution in [2.45, 2.75) is 38.0 Å². The van der Waals surface area contributed by atoms with E-state index in [1.165, 1.54) is 5.56 Å². The van der Waals surface area contributed by atoms with Gasteiger partial charge in [0.25, 0.3) is 5.56 Å². The largest absolute Gasteiger partial charge is 0.493 e. The van der Waals surface area contributed by atoms with Crippen molar-refractivity contribution in [1.29, 1.82) is 0 Å². The van der Waals surface area contributed by atoms with E-state index < -0.39 is 6.04 Å². The van der Waals surface area contributed by atoms with Crippen molar-refractivity contribution >= 4 is 16.6 Å². The molecular weight excluding hydrogens is 460 g/mol. The number of para-hydroxylation sites is 1. The van der Waals surface area contributed by atoms with E-state index in [2.05, 4.69) is 37.5 Å². The Labute approximate surface area is 207 Å². The zero-order valence-corrected chi connectivity index (χ0v) is 20.3. The summed E-state index contributed by atoms with van der Waals surface area (Å²) in [5.74, 6) is 1.76. The summed E-state index contributed by atoms with van der Waals surface area (Å²) in [5, 5.41) is 13.6. The van der Waals surface area contributed by atoms with Crippen molar-refractivity contribution in [2.75, 3.05) is 32.3 Å². The molecular formula is C26H28N6O4. The van der Waals surface area contributed by atoms with Gasteiger partial charge in [-0.1, -0.05) is 18.2 Å². The molecule has 4 heterocycles. The third-order valence-electron chi connectivity index (χ3n) is 7.11. The van der Waals surface area contributed by atoms with Gasteiger partial charge in [0.1, 0.15) is 6.04 Å². The number of methoxy groups -OCH3 is 2. The monoisotopic (exact) mass is 488 g/mol. The number of aromatic amines is 1. The van der Waals surface area contributed by atoms with E-state index in [1.807, 2.05) is 24.3 Å². The topological polar surface area (TPSA) is 107 Å². The summed E-state index contributed by atoms with van der Waals surface area (Å²) in [6.07, 6.45) is 2.94. The molecule has 0 bridgehead atoms. The van der Waals surface area contributed by atoms with Crippen LogP contribution in [0.5, 0.6) is 11.5 Å². The molecule has 6 rings (SSSR count). The van der Waals surface area contributed by atoms with Crippen molar-refractivity contribution in [1.82, 2.24) is 25.2 Å². The highest BCUT2D eigenvalue weighted by molar-refractivity contribution is 5.83. The zero-order valence-electron chi connectivity index (χ0n) is 20.3. The summed E-state index contributed by atoms with van der Waals surface area (Å²) < 4.78 is 18.6. The van der Waals surface area contributed by atoms with Gasteiger partial charge >= 0.3 is 0 Å². The number of tetrazole rings is 1. The molecule has 2 atom stereocenters. The number of aromatic nitrogens is 5. The maximum absolute atomic E-state index is 13.6. The molecule has 1 N–H and O–H groups in total. The van der Waals surface area contributed by atoms with Gasteiger partial charge in [-0.2, -0.15) is 0 Å². The van der Waals surface area contributed by atoms with E-state index >= 15 is 0 Å². The zero-order chi connectivity index (χ0) is 24.6. The number of fused-ring (bicyclic) bond motifs is 2. The summed E-state index contributed by atoms with van der Waals surface area (Å²) in [6.45, 7) is 2.05. The highest BCUT2D eigenvalue weighted by Gasteiger charge is 2.35. The second-order valence-electron chi connectivity index (χ2n) is 9.18. The molecule has 0 amide bonds. The van der Waals surface area contributed by atoms with Gasteiger partial charge in [0, 0.05) is 35.9 Å². The van der Waals surface area contributed by atoms with Crippen molar-refractivity contribution in [2.24, 2.45) is 0 Å². The van der Waals surface area contributed by atoms with Crippen LogP contribution in [0.2, 0.25) is 0 Å². The number of H-pyrrole nitrogens is 1. The molecule has 0 spiro atoms. The number of hydrogen-bond acceptors (Lipinski definition) is 8. The number of benzene rings is 2. The Morgan fingerprint density at radius 3 is 2.81 bits per heavy atom. The molecule has 0 unspecified atom stereocenters. The van der Waals surface area contributed by atoms with Crippen molar-refractivity contribution < 1.29 is 14.2 Å². The molecule has 1 saturated heterocycles. The number of anilines is 1. The minimum Gasteiger partial charge on any atom is -0.493 e. The van der Waals surface area contributed by atoms with E-state index in [1.54, 1.807) is 25.0 Å². The van der Waals surface area contributed by atoms with E-state index in [0.717, 1.165) is 43.5 Å². The summed E-state index contributed by atoms with van der Waals surface area (Å²) in [6, 6.07) is 13.4. The number of pyridine rings is 1. The lowest BCUT2D eigenvalue weighted by Crippen LogP contribution is -2.35. The predicted molar refractivity (Wildman–Crippen MR) is 134 cm³/mol. The summed E-state index contributed by atoms with van der Waals surface area (Å²) in [7, 11) is 3.17. The van der Waals surface area contributed by atoms with Gasteiger partial charge in [-0.3, -0.25) is 4.79 Å². The second kappa shape index (κ2) is 9.27. The Kier molecular flexibility index (Phi) is 5.80. The van der Waals surface area contributed by atoms with E-state index in [4.69, 9.17) is 14.2 Å². The molecule has 2 aromatic heterocycles. The number of hydrogen-bond donors (Lipinski definition) is 1. The first-order valence-corrected chi connectivity index (χ1v) is 12.2. The molecule has 0 aliphatic carbocycles. The normalized spacial score (nSPS) is 17.9. The predicted octanol–water partition coefficient (Wildman–Crippen LogP) is 2.86. The lowest BCUT2D eigenvalue weighted by molar-refractivity contribution is 0.0924. The Morgan fingerprint density at radius 2 is 2.00 bits per heavy atom. The van der Waals surface area contributed by atoms with Gasteiger partial charge in [-0.25, -0.2) is 4.68 Å². The van der Waals surface area contributed by atoms with Gasteiger partial charge in [-0.15, -0.1) is 5.10 Å². The fourth-order valence-corrected chi connectivity index (χ4v) is 5.35. The molecule has 0 saturated carbocycles. The summed E-state index contributed by atoms with van der Waals surface area (Å²) in [4.78, 5) is 18.9. The van der Waals surface area contributed by atoms with Crippen LogP contribution in [0.15, 0.2) is 47.3 Å².